The van der Waals surface area contributed by atoms with Gasteiger partial charge in [-0.2, -0.15) is 0 Å². The molecule has 0 spiro atoms. The molecular formula is C6H9N3S. The molecule has 1 rings (SSSR count). The fraction of sp³-hybridized carbons (Fsp3) is 0.500. The summed E-state index contributed by atoms with van der Waals surface area (Å²) in [6.45, 7) is 3.74. The molecule has 0 aliphatic carbocycles. The molecule has 3 nitrogen and oxygen atoms in total. The minimum Gasteiger partial charge on any atom is -0.219 e. The summed E-state index contributed by atoms with van der Waals surface area (Å²) >= 11 is 1.53. The Morgan fingerprint density at radius 2 is 1.50 bits per heavy atom. The maximum Gasteiger partial charge on any atom is 0.190 e. The first-order valence-corrected chi connectivity index (χ1v) is 4.18. The smallest absolute Gasteiger partial charge is 0.190 e. The second-order valence-electron chi connectivity index (χ2n) is 1.92. The topological polar surface area (TPSA) is 38.7 Å². The van der Waals surface area contributed by atoms with Crippen molar-refractivity contribution in [3.8, 4) is 0 Å². The number of hydrogen-bond acceptors (Lipinski definition) is 4. The number of hydrogen-bond donors (Lipinski definition) is 0. The summed E-state index contributed by atoms with van der Waals surface area (Å²) < 4.78 is 0. The number of nitrogens with zero attached hydrogens (tertiary/aromatic N) is 3. The Hall–Kier alpha value is -0.640. The minimum absolute atomic E-state index is 0.789. The van der Waals surface area contributed by atoms with E-state index in [0.29, 0.717) is 0 Å². The molecule has 0 radical (unpaired) electrons. The SMILES string of the molecule is CSc1nc(C)nc(C)n1. The van der Waals surface area contributed by atoms with Crippen LogP contribution in [0.5, 0.6) is 0 Å². The minimum atomic E-state index is 0.789. The van der Waals surface area contributed by atoms with Crippen LogP contribution < -0.4 is 0 Å². The molecule has 0 saturated heterocycles. The van der Waals surface area contributed by atoms with Crippen LogP contribution in [0.3, 0.4) is 0 Å². The molecule has 0 aliphatic heterocycles. The van der Waals surface area contributed by atoms with Gasteiger partial charge in [0, 0.05) is 0 Å². The van der Waals surface area contributed by atoms with Gasteiger partial charge in [0.15, 0.2) is 5.16 Å². The van der Waals surface area contributed by atoms with Crippen LogP contribution in [0.1, 0.15) is 11.6 Å². The Kier molecular flexibility index (Phi) is 2.21. The van der Waals surface area contributed by atoms with Crippen molar-refractivity contribution in [1.29, 1.82) is 0 Å². The molecule has 0 aliphatic rings. The average molecular weight is 155 g/mol. The summed E-state index contributed by atoms with van der Waals surface area (Å²) in [7, 11) is 0. The van der Waals surface area contributed by atoms with E-state index in [1.165, 1.54) is 11.8 Å². The van der Waals surface area contributed by atoms with E-state index in [0.717, 1.165) is 16.8 Å². The van der Waals surface area contributed by atoms with Gasteiger partial charge < -0.3 is 0 Å². The molecule has 4 heteroatoms. The van der Waals surface area contributed by atoms with Gasteiger partial charge in [-0.15, -0.1) is 0 Å². The lowest BCUT2D eigenvalue weighted by molar-refractivity contribution is 0.820. The third-order valence-electron chi connectivity index (χ3n) is 1.02. The molecule has 1 aromatic heterocycles. The van der Waals surface area contributed by atoms with E-state index < -0.39 is 0 Å². The highest BCUT2D eigenvalue weighted by molar-refractivity contribution is 7.98. The summed E-state index contributed by atoms with van der Waals surface area (Å²) in [5, 5.41) is 0.796. The number of aryl methyl sites for hydroxylation is 2. The third kappa shape index (κ3) is 1.67. The Morgan fingerprint density at radius 3 is 1.90 bits per heavy atom. The van der Waals surface area contributed by atoms with E-state index in [2.05, 4.69) is 15.0 Å². The molecule has 0 amide bonds. The molecule has 0 saturated carbocycles. The van der Waals surface area contributed by atoms with Crippen LogP contribution in [0.15, 0.2) is 5.16 Å². The molecule has 1 aromatic rings. The van der Waals surface area contributed by atoms with Crippen LogP contribution in [-0.2, 0) is 0 Å². The fourth-order valence-corrected chi connectivity index (χ4v) is 1.12. The summed E-state index contributed by atoms with van der Waals surface area (Å²) in [6.07, 6.45) is 1.95. The zero-order chi connectivity index (χ0) is 7.56. The van der Waals surface area contributed by atoms with Crippen LogP contribution in [-0.4, -0.2) is 21.2 Å². The molecule has 1 heterocycles. The molecule has 0 bridgehead atoms. The average Bonchev–Trinajstić information content (AvgIpc) is 1.85. The summed E-state index contributed by atoms with van der Waals surface area (Å²) in [6, 6.07) is 0. The summed E-state index contributed by atoms with van der Waals surface area (Å²) in [5.74, 6) is 1.58. The van der Waals surface area contributed by atoms with E-state index >= 15 is 0 Å². The highest BCUT2D eigenvalue weighted by Gasteiger charge is 1.96. The van der Waals surface area contributed by atoms with Crippen molar-refractivity contribution in [1.82, 2.24) is 15.0 Å². The second-order valence-corrected chi connectivity index (χ2v) is 2.69. The normalized spacial score (nSPS) is 9.90. The van der Waals surface area contributed by atoms with Crippen molar-refractivity contribution in [2.24, 2.45) is 0 Å². The van der Waals surface area contributed by atoms with Gasteiger partial charge >= 0.3 is 0 Å². The van der Waals surface area contributed by atoms with Crippen molar-refractivity contribution >= 4 is 11.8 Å². The van der Waals surface area contributed by atoms with E-state index in [1.807, 2.05) is 20.1 Å². The molecule has 0 atom stereocenters. The molecule has 0 fully saturated rings. The van der Waals surface area contributed by atoms with Gasteiger partial charge in [-0.25, -0.2) is 15.0 Å². The molecule has 54 valence electrons. The van der Waals surface area contributed by atoms with Crippen LogP contribution >= 0.6 is 11.8 Å². The maximum absolute atomic E-state index is 4.09. The van der Waals surface area contributed by atoms with Crippen LogP contribution in [0.25, 0.3) is 0 Å². The van der Waals surface area contributed by atoms with Gasteiger partial charge in [0.2, 0.25) is 0 Å². The third-order valence-corrected chi connectivity index (χ3v) is 1.57. The standard InChI is InChI=1S/C6H9N3S/c1-4-7-5(2)9-6(8-4)10-3/h1-3H3. The van der Waals surface area contributed by atoms with E-state index in [-0.39, 0.29) is 0 Å². The summed E-state index contributed by atoms with van der Waals surface area (Å²) in [5.41, 5.74) is 0. The monoisotopic (exact) mass is 155 g/mol. The lowest BCUT2D eigenvalue weighted by Crippen LogP contribution is -1.96. The molecule has 0 aromatic carbocycles. The van der Waals surface area contributed by atoms with Crippen LogP contribution in [0.2, 0.25) is 0 Å². The maximum atomic E-state index is 4.09. The summed E-state index contributed by atoms with van der Waals surface area (Å²) in [4.78, 5) is 12.2. The zero-order valence-electron chi connectivity index (χ0n) is 6.25. The molecular weight excluding hydrogens is 146 g/mol. The number of thioether (sulfide) groups is 1. The van der Waals surface area contributed by atoms with Gasteiger partial charge in [0.1, 0.15) is 11.6 Å². The Balaban J connectivity index is 3.06. The molecule has 0 unspecified atom stereocenters. The Labute approximate surface area is 64.3 Å². The first-order valence-electron chi connectivity index (χ1n) is 2.95. The van der Waals surface area contributed by atoms with Gasteiger partial charge in [-0.05, 0) is 20.1 Å². The quantitative estimate of drug-likeness (QED) is 0.571. The van der Waals surface area contributed by atoms with Crippen molar-refractivity contribution in [2.45, 2.75) is 19.0 Å². The fourth-order valence-electron chi connectivity index (χ4n) is 0.677. The number of aromatic nitrogens is 3. The second kappa shape index (κ2) is 2.96. The van der Waals surface area contributed by atoms with Crippen molar-refractivity contribution < 1.29 is 0 Å². The predicted octanol–water partition coefficient (Wildman–Crippen LogP) is 1.21. The van der Waals surface area contributed by atoms with Gasteiger partial charge in [0.25, 0.3) is 0 Å². The largest absolute Gasteiger partial charge is 0.219 e. The van der Waals surface area contributed by atoms with Crippen molar-refractivity contribution in [3.63, 3.8) is 0 Å². The highest BCUT2D eigenvalue weighted by atomic mass is 32.2. The van der Waals surface area contributed by atoms with Crippen molar-refractivity contribution in [2.75, 3.05) is 6.26 Å². The lowest BCUT2D eigenvalue weighted by atomic mass is 10.6. The molecule has 0 N–H and O–H groups in total. The van der Waals surface area contributed by atoms with E-state index in [9.17, 15) is 0 Å². The number of rotatable bonds is 1. The Bertz CT molecular complexity index is 216. The van der Waals surface area contributed by atoms with E-state index in [4.69, 9.17) is 0 Å². The highest BCUT2D eigenvalue weighted by Crippen LogP contribution is 2.06. The zero-order valence-corrected chi connectivity index (χ0v) is 7.07. The van der Waals surface area contributed by atoms with Gasteiger partial charge in [0.05, 0.1) is 0 Å². The van der Waals surface area contributed by atoms with Crippen LogP contribution in [0.4, 0.5) is 0 Å². The van der Waals surface area contributed by atoms with Gasteiger partial charge in [-0.1, -0.05) is 11.8 Å². The van der Waals surface area contributed by atoms with Crippen LogP contribution in [0, 0.1) is 13.8 Å². The first-order chi connectivity index (χ1) is 4.72. The van der Waals surface area contributed by atoms with E-state index in [1.54, 1.807) is 0 Å². The lowest BCUT2D eigenvalue weighted by Gasteiger charge is -1.96. The molecule has 10 heavy (non-hydrogen) atoms. The first kappa shape index (κ1) is 7.47. The van der Waals surface area contributed by atoms with Gasteiger partial charge in [-0.3, -0.25) is 0 Å². The van der Waals surface area contributed by atoms with Crippen molar-refractivity contribution in [3.05, 3.63) is 11.6 Å². The Morgan fingerprint density at radius 1 is 1.00 bits per heavy atom. The predicted molar refractivity (Wildman–Crippen MR) is 41.1 cm³/mol.